The van der Waals surface area contributed by atoms with Gasteiger partial charge in [-0.2, -0.15) is 0 Å². The van der Waals surface area contributed by atoms with E-state index in [4.69, 9.17) is 14.2 Å². The van der Waals surface area contributed by atoms with Gasteiger partial charge in [-0.15, -0.1) is 0 Å². The lowest BCUT2D eigenvalue weighted by atomic mass is 10.0. The monoisotopic (exact) mass is 1140 g/mol. The van der Waals surface area contributed by atoms with Crippen LogP contribution >= 0.6 is 0 Å². The maximum absolute atomic E-state index is 12.9. The fraction of sp³-hybridized carbons (Fsp3) is 0.623. The molecule has 0 aliphatic heterocycles. The van der Waals surface area contributed by atoms with Crippen molar-refractivity contribution in [2.75, 3.05) is 13.2 Å². The first-order valence-electron chi connectivity index (χ1n) is 34.0. The van der Waals surface area contributed by atoms with E-state index in [9.17, 15) is 14.4 Å². The minimum Gasteiger partial charge on any atom is -0.462 e. The quantitative estimate of drug-likeness (QED) is 0.0261. The molecule has 83 heavy (non-hydrogen) atoms. The van der Waals surface area contributed by atoms with Crippen LogP contribution in [0.15, 0.2) is 158 Å². The number of hydrogen-bond donors (Lipinski definition) is 0. The molecule has 0 spiro atoms. The van der Waals surface area contributed by atoms with Crippen LogP contribution in [-0.2, 0) is 28.6 Å². The van der Waals surface area contributed by atoms with E-state index in [0.29, 0.717) is 19.3 Å². The highest BCUT2D eigenvalue weighted by Crippen LogP contribution is 2.16. The predicted molar refractivity (Wildman–Crippen MR) is 362 cm³/mol. The molecule has 0 rings (SSSR count). The van der Waals surface area contributed by atoms with E-state index < -0.39 is 6.10 Å². The Morgan fingerprint density at radius 1 is 0.241 bits per heavy atom. The highest BCUT2D eigenvalue weighted by Gasteiger charge is 2.19. The number of rotatable bonds is 60. The van der Waals surface area contributed by atoms with Gasteiger partial charge in [0.1, 0.15) is 13.2 Å². The summed E-state index contributed by atoms with van der Waals surface area (Å²) in [5.41, 5.74) is 0. The second-order valence-corrected chi connectivity index (χ2v) is 21.9. The third-order valence-electron chi connectivity index (χ3n) is 14.0. The molecule has 0 bridgehead atoms. The minimum atomic E-state index is -0.817. The van der Waals surface area contributed by atoms with Gasteiger partial charge in [-0.3, -0.25) is 14.4 Å². The maximum Gasteiger partial charge on any atom is 0.306 e. The molecule has 1 unspecified atom stereocenters. The Bertz CT molecular complexity index is 1840. The lowest BCUT2D eigenvalue weighted by molar-refractivity contribution is -0.167. The Hall–Kier alpha value is -4.97. The van der Waals surface area contributed by atoms with Gasteiger partial charge in [-0.05, 0) is 135 Å². The summed E-state index contributed by atoms with van der Waals surface area (Å²) < 4.78 is 16.9. The standard InChI is InChI=1S/C77H124O6/c1-4-7-10-13-16-19-22-25-28-31-33-34-35-36-37-38-39-40-41-42-44-46-49-52-55-58-61-64-67-70-76(79)82-73-74(72-81-75(78)69-66-63-60-57-54-51-48-45-30-27-24-21-18-15-12-9-6-3)83-77(80)71-68-65-62-59-56-53-50-47-43-32-29-26-23-20-17-14-11-8-5-2/h7-12,16-21,25-30,33-34,43,47-48,51,57,60,74H,4-6,13-15,22-24,31-32,35-42,44-46,49-50,52-56,58-59,61-73H2,1-3H3/b10-7-,11-8-,12-9-,19-16-,20-17-,21-18-,28-25-,29-26-,30-27-,34-33-,47-43-,51-48-,60-57-. The highest BCUT2D eigenvalue weighted by atomic mass is 16.6. The molecule has 0 heterocycles. The Morgan fingerprint density at radius 2 is 0.446 bits per heavy atom. The zero-order chi connectivity index (χ0) is 59.9. The average molecular weight is 1150 g/mol. The lowest BCUT2D eigenvalue weighted by Gasteiger charge is -2.18. The van der Waals surface area contributed by atoms with Crippen molar-refractivity contribution in [1.29, 1.82) is 0 Å². The Labute approximate surface area is 511 Å². The van der Waals surface area contributed by atoms with Crippen LogP contribution < -0.4 is 0 Å². The molecule has 0 fully saturated rings. The van der Waals surface area contributed by atoms with Crippen molar-refractivity contribution >= 4 is 17.9 Å². The number of hydrogen-bond acceptors (Lipinski definition) is 6. The largest absolute Gasteiger partial charge is 0.462 e. The van der Waals surface area contributed by atoms with Crippen molar-refractivity contribution in [2.45, 2.75) is 297 Å². The minimum absolute atomic E-state index is 0.106. The van der Waals surface area contributed by atoms with Crippen LogP contribution in [0.5, 0.6) is 0 Å². The second kappa shape index (κ2) is 69.5. The predicted octanol–water partition coefficient (Wildman–Crippen LogP) is 23.7. The Morgan fingerprint density at radius 3 is 0.723 bits per heavy atom. The number of ether oxygens (including phenoxy) is 3. The summed E-state index contributed by atoms with van der Waals surface area (Å²) in [6.07, 6.45) is 101. The number of esters is 3. The fourth-order valence-corrected chi connectivity index (χ4v) is 9.05. The zero-order valence-corrected chi connectivity index (χ0v) is 53.7. The van der Waals surface area contributed by atoms with Gasteiger partial charge in [0, 0.05) is 19.3 Å². The average Bonchev–Trinajstić information content (AvgIpc) is 3.50. The second-order valence-electron chi connectivity index (χ2n) is 21.9. The Kier molecular flexibility index (Phi) is 65.4. The first kappa shape index (κ1) is 78.0. The van der Waals surface area contributed by atoms with Gasteiger partial charge >= 0.3 is 17.9 Å². The molecule has 0 aromatic rings. The molecule has 6 nitrogen and oxygen atoms in total. The number of unbranched alkanes of at least 4 members (excludes halogenated alkanes) is 23. The Balaban J connectivity index is 4.39. The molecule has 0 amide bonds. The van der Waals surface area contributed by atoms with Crippen LogP contribution in [0.2, 0.25) is 0 Å². The van der Waals surface area contributed by atoms with Crippen molar-refractivity contribution in [1.82, 2.24) is 0 Å². The molecule has 0 N–H and O–H groups in total. The summed E-state index contributed by atoms with van der Waals surface area (Å²) in [7, 11) is 0. The normalized spacial score (nSPS) is 13.1. The molecule has 0 aromatic carbocycles. The van der Waals surface area contributed by atoms with Crippen LogP contribution in [0.3, 0.4) is 0 Å². The van der Waals surface area contributed by atoms with Crippen LogP contribution in [-0.4, -0.2) is 37.2 Å². The van der Waals surface area contributed by atoms with E-state index in [1.54, 1.807) is 0 Å². The van der Waals surface area contributed by atoms with Gasteiger partial charge in [0.2, 0.25) is 0 Å². The number of allylic oxidation sites excluding steroid dienone is 26. The van der Waals surface area contributed by atoms with Gasteiger partial charge in [0.05, 0.1) is 0 Å². The maximum atomic E-state index is 12.9. The van der Waals surface area contributed by atoms with E-state index in [2.05, 4.69) is 179 Å². The van der Waals surface area contributed by atoms with Crippen molar-refractivity contribution < 1.29 is 28.6 Å². The molecule has 0 aromatic heterocycles. The topological polar surface area (TPSA) is 78.9 Å². The van der Waals surface area contributed by atoms with E-state index in [-0.39, 0.29) is 37.5 Å². The van der Waals surface area contributed by atoms with Crippen LogP contribution in [0.1, 0.15) is 290 Å². The third-order valence-corrected chi connectivity index (χ3v) is 14.0. The van der Waals surface area contributed by atoms with Crippen LogP contribution in [0.25, 0.3) is 0 Å². The van der Waals surface area contributed by atoms with Crippen molar-refractivity contribution in [3.8, 4) is 0 Å². The van der Waals surface area contributed by atoms with E-state index in [1.807, 2.05) is 0 Å². The van der Waals surface area contributed by atoms with Gasteiger partial charge in [-0.1, -0.05) is 294 Å². The molecule has 6 heteroatoms. The van der Waals surface area contributed by atoms with Gasteiger partial charge < -0.3 is 14.2 Å². The molecule has 468 valence electrons. The SMILES string of the molecule is CC/C=C\C/C=C\C/C=C\C/C=C\C/C=C\CCCC(=O)OCC(COC(=O)CCCCCCCCCCCCCCCCCC/C=C\C/C=C\C/C=C\C/C=C\CC)OC(=O)CCCCCCCC/C=C\C/C=C\C/C=C\C/C=C\CC. The zero-order valence-electron chi connectivity index (χ0n) is 53.7. The summed E-state index contributed by atoms with van der Waals surface area (Å²) in [4.78, 5) is 38.4. The first-order valence-corrected chi connectivity index (χ1v) is 34.0. The molecular formula is C77H124O6. The molecule has 0 radical (unpaired) electrons. The summed E-state index contributed by atoms with van der Waals surface area (Å²) >= 11 is 0. The first-order chi connectivity index (χ1) is 41.0. The highest BCUT2D eigenvalue weighted by molar-refractivity contribution is 5.71. The lowest BCUT2D eigenvalue weighted by Crippen LogP contribution is -2.30. The third kappa shape index (κ3) is 67.7. The number of carbonyl (C=O) groups excluding carboxylic acids is 3. The van der Waals surface area contributed by atoms with E-state index in [0.717, 1.165) is 141 Å². The molecule has 0 saturated heterocycles. The molecule has 0 aliphatic carbocycles. The molecular weight excluding hydrogens is 1020 g/mol. The smallest absolute Gasteiger partial charge is 0.306 e. The van der Waals surface area contributed by atoms with Gasteiger partial charge in [0.15, 0.2) is 6.10 Å². The summed E-state index contributed by atoms with van der Waals surface area (Å²) in [6.45, 7) is 6.25. The summed E-state index contributed by atoms with van der Waals surface area (Å²) in [5.74, 6) is -0.979. The van der Waals surface area contributed by atoms with Crippen molar-refractivity contribution in [3.63, 3.8) is 0 Å². The van der Waals surface area contributed by atoms with Crippen LogP contribution in [0, 0.1) is 0 Å². The van der Waals surface area contributed by atoms with E-state index >= 15 is 0 Å². The van der Waals surface area contributed by atoms with Gasteiger partial charge in [0.25, 0.3) is 0 Å². The molecule has 0 aliphatic rings. The van der Waals surface area contributed by atoms with Crippen LogP contribution in [0.4, 0.5) is 0 Å². The van der Waals surface area contributed by atoms with Gasteiger partial charge in [-0.25, -0.2) is 0 Å². The molecule has 0 saturated carbocycles. The number of carbonyl (C=O) groups is 3. The molecule has 1 atom stereocenters. The summed E-state index contributed by atoms with van der Waals surface area (Å²) in [6, 6.07) is 0. The van der Waals surface area contributed by atoms with Crippen molar-refractivity contribution in [2.24, 2.45) is 0 Å². The van der Waals surface area contributed by atoms with E-state index in [1.165, 1.54) is 103 Å². The van der Waals surface area contributed by atoms with Crippen molar-refractivity contribution in [3.05, 3.63) is 158 Å². The summed E-state index contributed by atoms with van der Waals surface area (Å²) in [5, 5.41) is 0. The fourth-order valence-electron chi connectivity index (χ4n) is 9.05.